The van der Waals surface area contributed by atoms with Crippen molar-refractivity contribution in [2.45, 2.75) is 38.0 Å². The molecule has 4 aromatic carbocycles. The number of fused-ring (bicyclic) bond motifs is 4. The van der Waals surface area contributed by atoms with Gasteiger partial charge in [-0.25, -0.2) is 0 Å². The molecule has 0 radical (unpaired) electrons. The highest BCUT2D eigenvalue weighted by Gasteiger charge is 2.70. The highest BCUT2D eigenvalue weighted by Crippen LogP contribution is 2.64. The average molecular weight is 682 g/mol. The molecule has 2 heterocycles. The first-order chi connectivity index (χ1) is 24.5. The Morgan fingerprint density at radius 2 is 1.55 bits per heavy atom. The van der Waals surface area contributed by atoms with Crippen LogP contribution in [0.2, 0.25) is 0 Å². The number of nitrogens with zero attached hydrogens (tertiary/aromatic N) is 2. The summed E-state index contributed by atoms with van der Waals surface area (Å²) in [6, 6.07) is 28.0. The number of aryl methyl sites for hydroxylation is 2. The van der Waals surface area contributed by atoms with Crippen molar-refractivity contribution in [3.8, 4) is 5.75 Å². The molecule has 0 aromatic heterocycles. The summed E-state index contributed by atoms with van der Waals surface area (Å²) < 4.78 is 0. The van der Waals surface area contributed by atoms with E-state index in [4.69, 9.17) is 0 Å². The lowest BCUT2D eigenvalue weighted by atomic mass is 9.49. The normalized spacial score (nSPS) is 26.8. The minimum absolute atomic E-state index is 0.0908. The molecular formula is C40H36BN3O7. The van der Waals surface area contributed by atoms with Crippen LogP contribution < -0.4 is 15.8 Å². The number of carbonyl (C=O) groups is 4. The summed E-state index contributed by atoms with van der Waals surface area (Å²) in [6.07, 6.45) is 2.38. The maximum Gasteiger partial charge on any atom is 0.488 e. The van der Waals surface area contributed by atoms with Crippen molar-refractivity contribution in [2.75, 3.05) is 10.3 Å². The van der Waals surface area contributed by atoms with Crippen LogP contribution in [-0.4, -0.2) is 50.9 Å². The van der Waals surface area contributed by atoms with Gasteiger partial charge >= 0.3 is 7.12 Å². The van der Waals surface area contributed by atoms with Crippen LogP contribution in [0.3, 0.4) is 0 Å². The van der Waals surface area contributed by atoms with Crippen LogP contribution in [0.1, 0.15) is 41.0 Å². The highest BCUT2D eigenvalue weighted by molar-refractivity contribution is 6.58. The smallest absolute Gasteiger partial charge is 0.488 e. The molecule has 0 spiro atoms. The Balaban J connectivity index is 1.30. The molecule has 0 unspecified atom stereocenters. The van der Waals surface area contributed by atoms with Gasteiger partial charge in [-0.2, -0.15) is 5.01 Å². The molecule has 256 valence electrons. The molecule has 0 bridgehead atoms. The maximum atomic E-state index is 15.2. The van der Waals surface area contributed by atoms with Crippen molar-refractivity contribution in [2.24, 2.45) is 23.7 Å². The van der Waals surface area contributed by atoms with Crippen molar-refractivity contribution < 1.29 is 34.3 Å². The van der Waals surface area contributed by atoms with E-state index in [9.17, 15) is 29.5 Å². The average Bonchev–Trinajstić information content (AvgIpc) is 3.51. The summed E-state index contributed by atoms with van der Waals surface area (Å²) >= 11 is 0. The van der Waals surface area contributed by atoms with Crippen LogP contribution in [0.15, 0.2) is 109 Å². The number of benzene rings is 4. The molecule has 8 rings (SSSR count). The second kappa shape index (κ2) is 12.1. The molecule has 6 atom stereocenters. The molecule has 2 aliphatic carbocycles. The predicted molar refractivity (Wildman–Crippen MR) is 190 cm³/mol. The number of carbonyl (C=O) groups excluding carboxylic acids is 4. The predicted octanol–water partition coefficient (Wildman–Crippen LogP) is 3.88. The standard InChI is InChI=1S/C40H36BN3O7/c1-22-11-14-27(15-12-22)42-44-37(47)32-21-31-29(16-17-30-34(31)38(48)43(36(30)46)28-10-6-9-26(20-28)41(50)51)35(24-13-18-33(45)23(2)19-24)40(32,39(44)49)25-7-4-3-5-8-25/h3-16,18-20,30-32,34-35,42,45,50-51H,17,21H2,1-2H3/t30-,31+,32-,34-,35-,40+/m0/s1. The maximum absolute atomic E-state index is 15.2. The zero-order chi connectivity index (χ0) is 35.8. The molecule has 1 saturated carbocycles. The summed E-state index contributed by atoms with van der Waals surface area (Å²) in [5.41, 5.74) is 6.45. The fourth-order valence-corrected chi connectivity index (χ4v) is 9.06. The third-order valence-corrected chi connectivity index (χ3v) is 11.4. The zero-order valence-corrected chi connectivity index (χ0v) is 28.1. The van der Waals surface area contributed by atoms with Gasteiger partial charge in [0.15, 0.2) is 0 Å². The Labute approximate surface area is 295 Å². The number of allylic oxidation sites excluding steroid dienone is 2. The summed E-state index contributed by atoms with van der Waals surface area (Å²) in [7, 11) is -1.78. The summed E-state index contributed by atoms with van der Waals surface area (Å²) in [4.78, 5) is 59.6. The first-order valence-electron chi connectivity index (χ1n) is 17.1. The van der Waals surface area contributed by atoms with Crippen LogP contribution in [0.4, 0.5) is 11.4 Å². The third-order valence-electron chi connectivity index (χ3n) is 11.4. The van der Waals surface area contributed by atoms with Gasteiger partial charge in [-0.05, 0) is 85.1 Å². The van der Waals surface area contributed by atoms with Crippen molar-refractivity contribution in [3.05, 3.63) is 131 Å². The van der Waals surface area contributed by atoms with Crippen molar-refractivity contribution in [1.82, 2.24) is 5.01 Å². The van der Waals surface area contributed by atoms with Crippen molar-refractivity contribution in [3.63, 3.8) is 0 Å². The lowest BCUT2D eigenvalue weighted by Gasteiger charge is -2.50. The molecule has 10 nitrogen and oxygen atoms in total. The molecular weight excluding hydrogens is 645 g/mol. The highest BCUT2D eigenvalue weighted by atomic mass is 16.4. The molecule has 3 fully saturated rings. The van der Waals surface area contributed by atoms with E-state index >= 15 is 4.79 Å². The fraction of sp³-hybridized carbons (Fsp3) is 0.250. The number of nitrogens with one attached hydrogen (secondary N) is 1. The quantitative estimate of drug-likeness (QED) is 0.136. The lowest BCUT2D eigenvalue weighted by Crippen LogP contribution is -2.53. The third kappa shape index (κ3) is 4.86. The molecule has 11 heteroatoms. The van der Waals surface area contributed by atoms with E-state index in [0.717, 1.165) is 21.0 Å². The van der Waals surface area contributed by atoms with Gasteiger partial charge in [-0.1, -0.05) is 83.9 Å². The summed E-state index contributed by atoms with van der Waals surface area (Å²) in [6.45, 7) is 3.73. The minimum Gasteiger partial charge on any atom is -0.508 e. The van der Waals surface area contributed by atoms with Gasteiger partial charge in [0, 0.05) is 5.92 Å². The fourth-order valence-electron chi connectivity index (χ4n) is 9.06. The van der Waals surface area contributed by atoms with Gasteiger partial charge in [0.05, 0.1) is 34.5 Å². The number of anilines is 2. The van der Waals surface area contributed by atoms with Gasteiger partial charge in [0.2, 0.25) is 11.8 Å². The van der Waals surface area contributed by atoms with E-state index in [2.05, 4.69) is 5.43 Å². The first-order valence-corrected chi connectivity index (χ1v) is 17.1. The SMILES string of the molecule is Cc1ccc(NN2C(=O)[C@@H]3C[C@@H]4C(=CC[C@@H]5C(=O)N(c6cccc(B(O)O)c6)C(=O)[C@@H]54)[C@H](c4ccc(O)c(C)c4)[C@]3(c3ccccc3)C2=O)cc1. The number of hydrogen-bond donors (Lipinski definition) is 4. The van der Waals surface area contributed by atoms with Crippen LogP contribution in [0.5, 0.6) is 5.75 Å². The Morgan fingerprint density at radius 1 is 0.804 bits per heavy atom. The van der Waals surface area contributed by atoms with Crippen LogP contribution in [0.25, 0.3) is 0 Å². The number of imide groups is 2. The monoisotopic (exact) mass is 681 g/mol. The van der Waals surface area contributed by atoms with Crippen LogP contribution in [0, 0.1) is 37.5 Å². The number of phenols is 1. The van der Waals surface area contributed by atoms with E-state index in [1.165, 1.54) is 12.1 Å². The van der Waals surface area contributed by atoms with Gasteiger partial charge in [0.25, 0.3) is 11.8 Å². The van der Waals surface area contributed by atoms with Crippen LogP contribution in [-0.2, 0) is 24.6 Å². The van der Waals surface area contributed by atoms with Crippen LogP contribution >= 0.6 is 0 Å². The summed E-state index contributed by atoms with van der Waals surface area (Å²) in [5, 5.41) is 31.3. The first kappa shape index (κ1) is 32.7. The lowest BCUT2D eigenvalue weighted by molar-refractivity contribution is -0.138. The number of hydrogen-bond acceptors (Lipinski definition) is 8. The van der Waals surface area contributed by atoms with E-state index in [0.29, 0.717) is 22.4 Å². The van der Waals surface area contributed by atoms with Gasteiger partial charge in [-0.15, -0.1) is 0 Å². The zero-order valence-electron chi connectivity index (χ0n) is 28.1. The van der Waals surface area contributed by atoms with E-state index in [1.807, 2.05) is 73.7 Å². The van der Waals surface area contributed by atoms with Crippen molar-refractivity contribution >= 4 is 47.6 Å². The molecule has 4 amide bonds. The van der Waals surface area contributed by atoms with E-state index in [-0.39, 0.29) is 29.7 Å². The van der Waals surface area contributed by atoms with Gasteiger partial charge in [0.1, 0.15) is 5.75 Å². The molecule has 2 saturated heterocycles. The van der Waals surface area contributed by atoms with Gasteiger partial charge < -0.3 is 15.2 Å². The largest absolute Gasteiger partial charge is 0.508 e. The van der Waals surface area contributed by atoms with Crippen molar-refractivity contribution in [1.29, 1.82) is 0 Å². The number of phenolic OH excluding ortho intramolecular Hbond substituents is 1. The Morgan fingerprint density at radius 3 is 2.25 bits per heavy atom. The van der Waals surface area contributed by atoms with Gasteiger partial charge in [-0.3, -0.25) is 29.5 Å². The second-order valence-corrected chi connectivity index (χ2v) is 14.1. The number of amides is 4. The second-order valence-electron chi connectivity index (χ2n) is 14.1. The Hall–Kier alpha value is -5.52. The van der Waals surface area contributed by atoms with E-state index in [1.54, 1.807) is 31.2 Å². The van der Waals surface area contributed by atoms with E-state index < -0.39 is 65.8 Å². The molecule has 4 aliphatic rings. The number of rotatable bonds is 6. The molecule has 4 N–H and O–H groups in total. The Kier molecular flexibility index (Phi) is 7.73. The Bertz CT molecular complexity index is 2140. The topological polar surface area (TPSA) is 147 Å². The summed E-state index contributed by atoms with van der Waals surface area (Å²) in [5.74, 6) is -5.26. The molecule has 51 heavy (non-hydrogen) atoms. The minimum atomic E-state index is -1.78. The molecule has 4 aromatic rings. The number of hydrazine groups is 1. The molecule has 2 aliphatic heterocycles. The number of aromatic hydroxyl groups is 1.